The highest BCUT2D eigenvalue weighted by Gasteiger charge is 2.23. The second kappa shape index (κ2) is 5.47. The minimum atomic E-state index is -3.62. The first-order valence-corrected chi connectivity index (χ1v) is 7.90. The molecule has 0 atom stereocenters. The van der Waals surface area contributed by atoms with E-state index >= 15 is 0 Å². The first-order valence-electron chi connectivity index (χ1n) is 6.04. The Morgan fingerprint density at radius 2 is 2.00 bits per heavy atom. The minimum Gasteiger partial charge on any atom is -0.398 e. The highest BCUT2D eigenvalue weighted by atomic mass is 35.5. The average Bonchev–Trinajstić information content (AvgIpc) is 2.78. The Labute approximate surface area is 113 Å². The van der Waals surface area contributed by atoms with Crippen molar-refractivity contribution >= 4 is 27.3 Å². The van der Waals surface area contributed by atoms with E-state index in [4.69, 9.17) is 17.3 Å². The van der Waals surface area contributed by atoms with Gasteiger partial charge in [-0.15, -0.1) is 0 Å². The molecular formula is C12H17ClN2O2S. The number of sulfonamides is 1. The summed E-state index contributed by atoms with van der Waals surface area (Å²) in [4.78, 5) is -0.00957. The Morgan fingerprint density at radius 3 is 2.61 bits per heavy atom. The fraction of sp³-hybridized carbons (Fsp3) is 0.500. The molecule has 2 rings (SSSR count). The normalized spacial score (nSPS) is 17.2. The predicted octanol–water partition coefficient (Wildman–Crippen LogP) is 2.39. The number of hydrogen-bond donors (Lipinski definition) is 2. The Bertz CT molecular complexity index is 505. The van der Waals surface area contributed by atoms with E-state index in [1.165, 1.54) is 25.0 Å². The number of rotatable bonds is 4. The number of benzene rings is 1. The highest BCUT2D eigenvalue weighted by molar-refractivity contribution is 7.89. The summed E-state index contributed by atoms with van der Waals surface area (Å²) < 4.78 is 26.9. The molecule has 0 spiro atoms. The third-order valence-corrected chi connectivity index (χ3v) is 5.27. The van der Waals surface area contributed by atoms with Gasteiger partial charge in [-0.3, -0.25) is 0 Å². The summed E-state index contributed by atoms with van der Waals surface area (Å²) in [6.07, 6.45) is 4.53. The van der Waals surface area contributed by atoms with Crippen LogP contribution in [-0.4, -0.2) is 15.0 Å². The molecule has 0 heterocycles. The number of anilines is 1. The Kier molecular flexibility index (Phi) is 4.14. The van der Waals surface area contributed by atoms with E-state index in [2.05, 4.69) is 4.72 Å². The summed E-state index contributed by atoms with van der Waals surface area (Å²) in [7, 11) is -3.62. The summed E-state index contributed by atoms with van der Waals surface area (Å²) in [5.74, 6) is 0.434. The first-order chi connectivity index (χ1) is 8.50. The van der Waals surface area contributed by atoms with Crippen LogP contribution < -0.4 is 10.5 Å². The molecule has 18 heavy (non-hydrogen) atoms. The highest BCUT2D eigenvalue weighted by Crippen LogP contribution is 2.28. The number of hydrogen-bond acceptors (Lipinski definition) is 3. The van der Waals surface area contributed by atoms with E-state index in [0.717, 1.165) is 12.8 Å². The van der Waals surface area contributed by atoms with Gasteiger partial charge in [-0.05, 0) is 30.9 Å². The van der Waals surface area contributed by atoms with Crippen molar-refractivity contribution in [1.82, 2.24) is 4.72 Å². The van der Waals surface area contributed by atoms with Gasteiger partial charge >= 0.3 is 0 Å². The SMILES string of the molecule is Nc1cccc(Cl)c1S(=O)(=O)NCC1CCCC1. The summed E-state index contributed by atoms with van der Waals surface area (Å²) in [6, 6.07) is 4.70. The fourth-order valence-corrected chi connectivity index (χ4v) is 4.11. The van der Waals surface area contributed by atoms with Gasteiger partial charge in [0.25, 0.3) is 0 Å². The smallest absolute Gasteiger partial charge is 0.244 e. The molecular weight excluding hydrogens is 272 g/mol. The molecule has 0 bridgehead atoms. The third kappa shape index (κ3) is 2.96. The molecule has 100 valence electrons. The van der Waals surface area contributed by atoms with Gasteiger partial charge < -0.3 is 5.73 Å². The summed E-state index contributed by atoms with van der Waals surface area (Å²) in [5.41, 5.74) is 5.87. The van der Waals surface area contributed by atoms with Crippen molar-refractivity contribution in [1.29, 1.82) is 0 Å². The number of nitrogens with two attached hydrogens (primary N) is 1. The lowest BCUT2D eigenvalue weighted by Crippen LogP contribution is -2.29. The Morgan fingerprint density at radius 1 is 1.33 bits per heavy atom. The molecule has 0 saturated heterocycles. The monoisotopic (exact) mass is 288 g/mol. The quantitative estimate of drug-likeness (QED) is 0.836. The van der Waals surface area contributed by atoms with Crippen LogP contribution in [0.25, 0.3) is 0 Å². The topological polar surface area (TPSA) is 72.2 Å². The zero-order valence-corrected chi connectivity index (χ0v) is 11.6. The second-order valence-corrected chi connectivity index (χ2v) is 6.77. The van der Waals surface area contributed by atoms with Crippen LogP contribution in [0.15, 0.2) is 23.1 Å². The lowest BCUT2D eigenvalue weighted by atomic mass is 10.1. The second-order valence-electron chi connectivity index (χ2n) is 4.66. The van der Waals surface area contributed by atoms with Crippen LogP contribution in [0.3, 0.4) is 0 Å². The van der Waals surface area contributed by atoms with Crippen LogP contribution in [-0.2, 0) is 10.0 Å². The molecule has 0 aromatic heterocycles. The van der Waals surface area contributed by atoms with Crippen molar-refractivity contribution in [3.8, 4) is 0 Å². The molecule has 1 aromatic carbocycles. The van der Waals surface area contributed by atoms with Crippen molar-refractivity contribution in [2.24, 2.45) is 5.92 Å². The predicted molar refractivity (Wildman–Crippen MR) is 73.0 cm³/mol. The molecule has 4 nitrogen and oxygen atoms in total. The van der Waals surface area contributed by atoms with Crippen molar-refractivity contribution < 1.29 is 8.42 Å². The number of nitrogens with one attached hydrogen (secondary N) is 1. The zero-order valence-electron chi connectivity index (χ0n) is 10.0. The number of halogens is 1. The van der Waals surface area contributed by atoms with Crippen LogP contribution in [0.2, 0.25) is 5.02 Å². The van der Waals surface area contributed by atoms with Gasteiger partial charge in [0.15, 0.2) is 0 Å². The van der Waals surface area contributed by atoms with Gasteiger partial charge in [0, 0.05) is 6.54 Å². The van der Waals surface area contributed by atoms with Crippen LogP contribution in [0, 0.1) is 5.92 Å². The molecule has 6 heteroatoms. The summed E-state index contributed by atoms with van der Waals surface area (Å²) >= 11 is 5.91. The fourth-order valence-electron chi connectivity index (χ4n) is 2.32. The van der Waals surface area contributed by atoms with Crippen molar-refractivity contribution in [2.45, 2.75) is 30.6 Å². The summed E-state index contributed by atoms with van der Waals surface area (Å²) in [6.45, 7) is 0.465. The largest absolute Gasteiger partial charge is 0.398 e. The lowest BCUT2D eigenvalue weighted by Gasteiger charge is -2.13. The van der Waals surface area contributed by atoms with E-state index in [9.17, 15) is 8.42 Å². The Balaban J connectivity index is 2.15. The number of nitrogen functional groups attached to an aromatic ring is 1. The zero-order chi connectivity index (χ0) is 13.2. The van der Waals surface area contributed by atoms with Gasteiger partial charge in [0.1, 0.15) is 4.90 Å². The van der Waals surface area contributed by atoms with Crippen LogP contribution in [0.5, 0.6) is 0 Å². The van der Waals surface area contributed by atoms with Crippen molar-refractivity contribution in [2.75, 3.05) is 12.3 Å². The average molecular weight is 289 g/mol. The van der Waals surface area contributed by atoms with Gasteiger partial charge in [0.05, 0.1) is 10.7 Å². The van der Waals surface area contributed by atoms with Gasteiger partial charge in [-0.25, -0.2) is 13.1 Å². The van der Waals surface area contributed by atoms with E-state index in [-0.39, 0.29) is 15.6 Å². The molecule has 0 amide bonds. The van der Waals surface area contributed by atoms with E-state index < -0.39 is 10.0 Å². The van der Waals surface area contributed by atoms with Crippen LogP contribution in [0.1, 0.15) is 25.7 Å². The van der Waals surface area contributed by atoms with Crippen molar-refractivity contribution in [3.63, 3.8) is 0 Å². The van der Waals surface area contributed by atoms with E-state index in [1.54, 1.807) is 6.07 Å². The first kappa shape index (κ1) is 13.6. The van der Waals surface area contributed by atoms with Gasteiger partial charge in [-0.2, -0.15) is 0 Å². The Hall–Kier alpha value is -0.780. The molecule has 0 unspecified atom stereocenters. The van der Waals surface area contributed by atoms with Crippen molar-refractivity contribution in [3.05, 3.63) is 23.2 Å². The molecule has 1 aliphatic carbocycles. The maximum absolute atomic E-state index is 12.2. The molecule has 1 aromatic rings. The maximum Gasteiger partial charge on any atom is 0.244 e. The minimum absolute atomic E-state index is 0.00957. The third-order valence-electron chi connectivity index (χ3n) is 3.30. The summed E-state index contributed by atoms with van der Waals surface area (Å²) in [5, 5.41) is 0.161. The van der Waals surface area contributed by atoms with E-state index in [1.807, 2.05) is 0 Å². The molecule has 1 aliphatic rings. The van der Waals surface area contributed by atoms with E-state index in [0.29, 0.717) is 12.5 Å². The molecule has 0 aliphatic heterocycles. The van der Waals surface area contributed by atoms with Crippen LogP contribution in [0.4, 0.5) is 5.69 Å². The molecule has 3 N–H and O–H groups in total. The molecule has 1 fully saturated rings. The van der Waals surface area contributed by atoms with Gasteiger partial charge in [-0.1, -0.05) is 30.5 Å². The molecule has 1 saturated carbocycles. The van der Waals surface area contributed by atoms with Crippen LogP contribution >= 0.6 is 11.6 Å². The maximum atomic E-state index is 12.2. The molecule has 0 radical (unpaired) electrons. The standard InChI is InChI=1S/C12H17ClN2O2S/c13-10-6-3-7-11(14)12(10)18(16,17)15-8-9-4-1-2-5-9/h3,6-7,9,15H,1-2,4-5,8,14H2. The lowest BCUT2D eigenvalue weighted by molar-refractivity contribution is 0.520. The van der Waals surface area contributed by atoms with Gasteiger partial charge in [0.2, 0.25) is 10.0 Å².